The Morgan fingerprint density at radius 3 is 2.67 bits per heavy atom. The first-order valence-electron chi connectivity index (χ1n) is 11.4. The molecule has 1 aliphatic rings. The first kappa shape index (κ1) is 25.7. The SMILES string of the molecule is C[Si](C)(C)CCOCOc1cc(Br)ccc1[C@@H]1C[C@@H](O)CCN1C(=O)OCc1ccccc1. The van der Waals surface area contributed by atoms with Crippen LogP contribution in [0.5, 0.6) is 5.75 Å². The lowest BCUT2D eigenvalue weighted by atomic mass is 9.93. The number of likely N-dealkylation sites (tertiary alicyclic amines) is 1. The lowest BCUT2D eigenvalue weighted by Crippen LogP contribution is -2.43. The number of nitrogens with zero attached hydrogens (tertiary/aromatic N) is 1. The van der Waals surface area contributed by atoms with E-state index in [1.165, 1.54) is 0 Å². The van der Waals surface area contributed by atoms with Crippen molar-refractivity contribution in [3.05, 3.63) is 64.1 Å². The number of halogens is 1. The zero-order valence-corrected chi connectivity index (χ0v) is 22.2. The fourth-order valence-electron chi connectivity index (χ4n) is 3.71. The third-order valence-electron chi connectivity index (χ3n) is 5.64. The maximum atomic E-state index is 13.0. The highest BCUT2D eigenvalue weighted by atomic mass is 79.9. The maximum Gasteiger partial charge on any atom is 0.410 e. The zero-order chi connectivity index (χ0) is 23.8. The average Bonchev–Trinajstić information content (AvgIpc) is 2.77. The van der Waals surface area contributed by atoms with Gasteiger partial charge in [-0.15, -0.1) is 0 Å². The summed E-state index contributed by atoms with van der Waals surface area (Å²) < 4.78 is 18.2. The van der Waals surface area contributed by atoms with Crippen LogP contribution in [0.4, 0.5) is 4.79 Å². The van der Waals surface area contributed by atoms with Gasteiger partial charge >= 0.3 is 6.09 Å². The van der Waals surface area contributed by atoms with Crippen molar-refractivity contribution in [2.75, 3.05) is 19.9 Å². The van der Waals surface area contributed by atoms with Crippen molar-refractivity contribution < 1.29 is 24.1 Å². The van der Waals surface area contributed by atoms with E-state index < -0.39 is 20.3 Å². The van der Waals surface area contributed by atoms with Crippen molar-refractivity contribution >= 4 is 30.1 Å². The van der Waals surface area contributed by atoms with Crippen molar-refractivity contribution in [2.45, 2.75) is 57.3 Å². The van der Waals surface area contributed by atoms with Crippen molar-refractivity contribution in [2.24, 2.45) is 0 Å². The van der Waals surface area contributed by atoms with Crippen molar-refractivity contribution in [3.63, 3.8) is 0 Å². The van der Waals surface area contributed by atoms with Gasteiger partial charge in [-0.1, -0.05) is 72.0 Å². The lowest BCUT2D eigenvalue weighted by molar-refractivity contribution is 0.0136. The second-order valence-electron chi connectivity index (χ2n) is 9.59. The Bertz CT molecular complexity index is 905. The van der Waals surface area contributed by atoms with E-state index in [1.807, 2.05) is 48.5 Å². The second-order valence-corrected chi connectivity index (χ2v) is 16.1. The number of amides is 1. The first-order chi connectivity index (χ1) is 15.7. The Morgan fingerprint density at radius 2 is 1.94 bits per heavy atom. The Hall–Kier alpha value is -1.87. The average molecular weight is 537 g/mol. The van der Waals surface area contributed by atoms with Crippen LogP contribution in [0.3, 0.4) is 0 Å². The summed E-state index contributed by atoms with van der Waals surface area (Å²) in [6, 6.07) is 16.1. The molecule has 1 saturated heterocycles. The van der Waals surface area contributed by atoms with Crippen LogP contribution in [0.2, 0.25) is 25.7 Å². The molecule has 0 radical (unpaired) electrons. The van der Waals surface area contributed by atoms with Crippen LogP contribution < -0.4 is 4.74 Å². The van der Waals surface area contributed by atoms with Gasteiger partial charge in [0.05, 0.1) is 12.1 Å². The molecule has 6 nitrogen and oxygen atoms in total. The number of hydrogen-bond acceptors (Lipinski definition) is 5. The topological polar surface area (TPSA) is 68.2 Å². The van der Waals surface area contributed by atoms with Gasteiger partial charge < -0.3 is 24.2 Å². The molecule has 2 atom stereocenters. The molecule has 3 rings (SSSR count). The van der Waals surface area contributed by atoms with E-state index in [0.29, 0.717) is 31.7 Å². The molecule has 1 fully saturated rings. The summed E-state index contributed by atoms with van der Waals surface area (Å²) in [5.41, 5.74) is 1.77. The standard InChI is InChI=1S/C25H34BrNO5Si/c1-33(2,3)14-13-30-18-32-24-15-20(26)9-10-22(24)23-16-21(28)11-12-27(23)25(29)31-17-19-7-5-4-6-8-19/h4-10,15,21,23,28H,11-14,16-18H2,1-3H3/t21-,23-/m0/s1. The van der Waals surface area contributed by atoms with Gasteiger partial charge in [-0.3, -0.25) is 0 Å². The molecule has 1 aliphatic heterocycles. The molecule has 0 aromatic heterocycles. The van der Waals surface area contributed by atoms with E-state index in [2.05, 4.69) is 35.6 Å². The summed E-state index contributed by atoms with van der Waals surface area (Å²) >= 11 is 3.51. The van der Waals surface area contributed by atoms with Gasteiger partial charge in [0.15, 0.2) is 6.79 Å². The highest BCUT2D eigenvalue weighted by Crippen LogP contribution is 2.38. The Balaban J connectivity index is 1.70. The van der Waals surface area contributed by atoms with Gasteiger partial charge in [0.1, 0.15) is 12.4 Å². The molecule has 0 saturated carbocycles. The van der Waals surface area contributed by atoms with Crippen LogP contribution in [0, 0.1) is 0 Å². The number of piperidine rings is 1. The summed E-state index contributed by atoms with van der Waals surface area (Å²) in [5, 5.41) is 10.4. The first-order valence-corrected chi connectivity index (χ1v) is 15.9. The number of aliphatic hydroxyl groups excluding tert-OH is 1. The molecule has 8 heteroatoms. The van der Waals surface area contributed by atoms with E-state index >= 15 is 0 Å². The van der Waals surface area contributed by atoms with Crippen LogP contribution in [-0.4, -0.2) is 50.2 Å². The molecule has 180 valence electrons. The second kappa shape index (κ2) is 12.0. The molecule has 1 heterocycles. The van der Waals surface area contributed by atoms with Crippen molar-refractivity contribution in [1.82, 2.24) is 4.90 Å². The largest absolute Gasteiger partial charge is 0.467 e. The normalized spacial score (nSPS) is 18.8. The highest BCUT2D eigenvalue weighted by molar-refractivity contribution is 9.10. The van der Waals surface area contributed by atoms with E-state index in [0.717, 1.165) is 21.6 Å². The van der Waals surface area contributed by atoms with Crippen molar-refractivity contribution in [3.8, 4) is 5.75 Å². The van der Waals surface area contributed by atoms with Gasteiger partial charge in [0, 0.05) is 31.3 Å². The number of benzene rings is 2. The number of rotatable bonds is 9. The van der Waals surface area contributed by atoms with Gasteiger partial charge in [-0.05, 0) is 36.6 Å². The minimum absolute atomic E-state index is 0.141. The Morgan fingerprint density at radius 1 is 1.18 bits per heavy atom. The van der Waals surface area contributed by atoms with Gasteiger partial charge in [0.2, 0.25) is 0 Å². The fourth-order valence-corrected chi connectivity index (χ4v) is 4.81. The van der Waals surface area contributed by atoms with Gasteiger partial charge in [-0.25, -0.2) is 4.79 Å². The summed E-state index contributed by atoms with van der Waals surface area (Å²) in [6.07, 6.45) is 0.0620. The van der Waals surface area contributed by atoms with Crippen LogP contribution in [0.1, 0.15) is 30.0 Å². The fraction of sp³-hybridized carbons (Fsp3) is 0.480. The van der Waals surface area contributed by atoms with E-state index in [-0.39, 0.29) is 19.4 Å². The van der Waals surface area contributed by atoms with E-state index in [1.54, 1.807) is 4.90 Å². The number of carbonyl (C=O) groups is 1. The molecular formula is C25H34BrNO5Si. The third-order valence-corrected chi connectivity index (χ3v) is 7.84. The van der Waals surface area contributed by atoms with Gasteiger partial charge in [-0.2, -0.15) is 0 Å². The lowest BCUT2D eigenvalue weighted by Gasteiger charge is -2.38. The minimum Gasteiger partial charge on any atom is -0.467 e. The molecule has 2 aromatic carbocycles. The van der Waals surface area contributed by atoms with Gasteiger partial charge in [0.25, 0.3) is 0 Å². The number of hydrogen-bond donors (Lipinski definition) is 1. The number of aliphatic hydroxyl groups is 1. The summed E-state index contributed by atoms with van der Waals surface area (Å²) in [5.74, 6) is 0.636. The highest BCUT2D eigenvalue weighted by Gasteiger charge is 2.34. The van der Waals surface area contributed by atoms with Crippen LogP contribution >= 0.6 is 15.9 Å². The summed E-state index contributed by atoms with van der Waals surface area (Å²) in [6.45, 7) is 8.36. The van der Waals surface area contributed by atoms with E-state index in [4.69, 9.17) is 14.2 Å². The minimum atomic E-state index is -1.17. The molecule has 1 amide bonds. The third kappa shape index (κ3) is 8.14. The quantitative estimate of drug-likeness (QED) is 0.243. The number of carbonyl (C=O) groups excluding carboxylic acids is 1. The predicted octanol–water partition coefficient (Wildman–Crippen LogP) is 5.97. The number of ether oxygens (including phenoxy) is 3. The summed E-state index contributed by atoms with van der Waals surface area (Å²) in [4.78, 5) is 14.7. The molecule has 0 unspecified atom stereocenters. The summed E-state index contributed by atoms with van der Waals surface area (Å²) in [7, 11) is -1.17. The Kier molecular flexibility index (Phi) is 9.37. The van der Waals surface area contributed by atoms with Crippen LogP contribution in [0.15, 0.2) is 53.0 Å². The molecule has 0 spiro atoms. The molecule has 33 heavy (non-hydrogen) atoms. The van der Waals surface area contributed by atoms with Crippen molar-refractivity contribution in [1.29, 1.82) is 0 Å². The molecule has 0 bridgehead atoms. The Labute approximate surface area is 206 Å². The molecule has 2 aromatic rings. The molecular weight excluding hydrogens is 502 g/mol. The zero-order valence-electron chi connectivity index (χ0n) is 19.6. The maximum absolute atomic E-state index is 13.0. The van der Waals surface area contributed by atoms with Crippen LogP contribution in [-0.2, 0) is 16.1 Å². The van der Waals surface area contributed by atoms with E-state index in [9.17, 15) is 9.90 Å². The predicted molar refractivity (Wildman–Crippen MR) is 135 cm³/mol. The smallest absolute Gasteiger partial charge is 0.410 e. The monoisotopic (exact) mass is 535 g/mol. The molecule has 0 aliphatic carbocycles. The van der Waals surface area contributed by atoms with Crippen LogP contribution in [0.25, 0.3) is 0 Å². The molecule has 1 N–H and O–H groups in total.